The number of thioether (sulfide) groups is 1. The van der Waals surface area contributed by atoms with Gasteiger partial charge in [-0.05, 0) is 57.5 Å². The van der Waals surface area contributed by atoms with E-state index in [4.69, 9.17) is 0 Å². The van der Waals surface area contributed by atoms with E-state index in [2.05, 4.69) is 10.2 Å². The Hall–Kier alpha value is -0.220. The summed E-state index contributed by atoms with van der Waals surface area (Å²) in [5, 5.41) is 4.08. The summed E-state index contributed by atoms with van der Waals surface area (Å²) < 4.78 is 0. The molecule has 0 bridgehead atoms. The molecule has 0 aromatic rings. The lowest BCUT2D eigenvalue weighted by Gasteiger charge is -2.25. The Morgan fingerprint density at radius 3 is 2.44 bits per heavy atom. The molecule has 2 saturated carbocycles. The summed E-state index contributed by atoms with van der Waals surface area (Å²) in [6.45, 7) is 3.30. The summed E-state index contributed by atoms with van der Waals surface area (Å²) >= 11 is 1.90. The van der Waals surface area contributed by atoms with Crippen molar-refractivity contribution in [3.63, 3.8) is 0 Å². The molecule has 1 heterocycles. The van der Waals surface area contributed by atoms with Gasteiger partial charge >= 0.3 is 0 Å². The van der Waals surface area contributed by atoms with E-state index >= 15 is 0 Å². The molecule has 18 heavy (non-hydrogen) atoms. The van der Waals surface area contributed by atoms with E-state index < -0.39 is 0 Å². The average Bonchev–Trinajstić information content (AvgIpc) is 3.28. The highest BCUT2D eigenvalue weighted by Gasteiger charge is 2.36. The van der Waals surface area contributed by atoms with Gasteiger partial charge in [-0.1, -0.05) is 0 Å². The zero-order valence-electron chi connectivity index (χ0n) is 11.1. The summed E-state index contributed by atoms with van der Waals surface area (Å²) in [6, 6.07) is 0.603. The molecule has 1 amide bonds. The topological polar surface area (TPSA) is 32.3 Å². The van der Waals surface area contributed by atoms with Gasteiger partial charge in [-0.15, -0.1) is 11.8 Å². The van der Waals surface area contributed by atoms with Crippen molar-refractivity contribution in [2.24, 2.45) is 5.92 Å². The first-order chi connectivity index (χ1) is 8.83. The number of nitrogens with one attached hydrogen (secondary N) is 1. The van der Waals surface area contributed by atoms with E-state index in [9.17, 15) is 4.79 Å². The van der Waals surface area contributed by atoms with Gasteiger partial charge in [0.1, 0.15) is 0 Å². The van der Waals surface area contributed by atoms with Crippen molar-refractivity contribution in [3.05, 3.63) is 0 Å². The fourth-order valence-corrected chi connectivity index (χ4v) is 3.77. The molecule has 0 unspecified atom stereocenters. The molecule has 0 atom stereocenters. The normalized spacial score (nSPS) is 25.1. The van der Waals surface area contributed by atoms with Crippen molar-refractivity contribution in [1.29, 1.82) is 0 Å². The second-order valence-corrected chi connectivity index (χ2v) is 7.27. The van der Waals surface area contributed by atoms with Gasteiger partial charge in [-0.3, -0.25) is 4.79 Å². The van der Waals surface area contributed by atoms with Gasteiger partial charge in [0.25, 0.3) is 0 Å². The quantitative estimate of drug-likeness (QED) is 0.798. The Bertz CT molecular complexity index is 296. The van der Waals surface area contributed by atoms with Crippen LogP contribution in [0.25, 0.3) is 0 Å². The van der Waals surface area contributed by atoms with Crippen LogP contribution in [0.1, 0.15) is 38.5 Å². The van der Waals surface area contributed by atoms with Crippen molar-refractivity contribution in [1.82, 2.24) is 10.2 Å². The molecule has 3 nitrogen and oxygen atoms in total. The molecule has 0 aromatic heterocycles. The van der Waals surface area contributed by atoms with Crippen LogP contribution in [0, 0.1) is 5.92 Å². The number of piperidine rings is 1. The first-order valence-electron chi connectivity index (χ1n) is 7.44. The predicted octanol–water partition coefficient (Wildman–Crippen LogP) is 1.87. The van der Waals surface area contributed by atoms with Gasteiger partial charge < -0.3 is 10.2 Å². The molecule has 1 saturated heterocycles. The van der Waals surface area contributed by atoms with Gasteiger partial charge in [0.05, 0.1) is 5.75 Å². The van der Waals surface area contributed by atoms with Gasteiger partial charge in [0.2, 0.25) is 5.91 Å². The maximum absolute atomic E-state index is 12.3. The van der Waals surface area contributed by atoms with Crippen LogP contribution in [0.5, 0.6) is 0 Å². The van der Waals surface area contributed by atoms with Crippen LogP contribution in [0.3, 0.4) is 0 Å². The molecular formula is C14H24N2OS. The van der Waals surface area contributed by atoms with Gasteiger partial charge in [-0.2, -0.15) is 0 Å². The highest BCUT2D eigenvalue weighted by molar-refractivity contribution is 8.00. The summed E-state index contributed by atoms with van der Waals surface area (Å²) in [5.41, 5.74) is 0. The fraction of sp³-hybridized carbons (Fsp3) is 0.929. The molecule has 4 heteroatoms. The van der Waals surface area contributed by atoms with Crippen LogP contribution in [0.2, 0.25) is 0 Å². The Kier molecular flexibility index (Phi) is 4.14. The predicted molar refractivity (Wildman–Crippen MR) is 75.8 cm³/mol. The number of amides is 1. The molecule has 1 N–H and O–H groups in total. The summed E-state index contributed by atoms with van der Waals surface area (Å²) in [5.74, 6) is 1.96. The van der Waals surface area contributed by atoms with Crippen LogP contribution >= 0.6 is 11.8 Å². The number of carbonyl (C=O) groups is 1. The molecule has 2 aliphatic carbocycles. The second kappa shape index (κ2) is 5.83. The first-order valence-corrected chi connectivity index (χ1v) is 8.49. The molecule has 0 spiro atoms. The number of nitrogens with zero attached hydrogens (tertiary/aromatic N) is 1. The van der Waals surface area contributed by atoms with Crippen molar-refractivity contribution < 1.29 is 4.79 Å². The Labute approximate surface area is 114 Å². The molecule has 3 aliphatic rings. The minimum Gasteiger partial charge on any atom is -0.339 e. The van der Waals surface area contributed by atoms with Gasteiger partial charge in [0.15, 0.2) is 0 Å². The third kappa shape index (κ3) is 3.64. The maximum Gasteiger partial charge on any atom is 0.232 e. The second-order valence-electron chi connectivity index (χ2n) is 5.98. The summed E-state index contributed by atoms with van der Waals surface area (Å²) in [4.78, 5) is 14.5. The van der Waals surface area contributed by atoms with E-state index in [0.29, 0.717) is 23.0 Å². The third-order valence-corrected chi connectivity index (χ3v) is 5.54. The van der Waals surface area contributed by atoms with Crippen molar-refractivity contribution in [3.8, 4) is 0 Å². The van der Waals surface area contributed by atoms with Crippen LogP contribution in [0.15, 0.2) is 0 Å². The average molecular weight is 268 g/mol. The maximum atomic E-state index is 12.3. The highest BCUT2D eigenvalue weighted by atomic mass is 32.2. The summed E-state index contributed by atoms with van der Waals surface area (Å²) in [6.07, 6.45) is 7.64. The molecular weight excluding hydrogens is 244 g/mol. The molecule has 3 fully saturated rings. The third-order valence-electron chi connectivity index (χ3n) is 4.19. The molecule has 0 radical (unpaired) electrons. The summed E-state index contributed by atoms with van der Waals surface area (Å²) in [7, 11) is 0. The van der Waals surface area contributed by atoms with E-state index in [-0.39, 0.29) is 0 Å². The van der Waals surface area contributed by atoms with Crippen molar-refractivity contribution in [2.45, 2.75) is 49.8 Å². The number of rotatable bonds is 6. The van der Waals surface area contributed by atoms with E-state index in [0.717, 1.165) is 25.6 Å². The van der Waals surface area contributed by atoms with E-state index in [1.54, 1.807) is 0 Å². The Morgan fingerprint density at radius 1 is 1.11 bits per heavy atom. The monoisotopic (exact) mass is 268 g/mol. The lowest BCUT2D eigenvalue weighted by molar-refractivity contribution is -0.129. The van der Waals surface area contributed by atoms with Crippen molar-refractivity contribution in [2.75, 3.05) is 25.4 Å². The number of hydrogen-bond donors (Lipinski definition) is 1. The Balaban J connectivity index is 1.43. The molecule has 1 aliphatic heterocycles. The standard InChI is InChI=1S/C14H24N2OS/c17-14(10-18-13-5-7-15-8-6-13)16(12-3-4-12)9-11-1-2-11/h11-13,15H,1-10H2. The fourth-order valence-electron chi connectivity index (χ4n) is 2.65. The number of carbonyl (C=O) groups excluding carboxylic acids is 1. The molecule has 102 valence electrons. The smallest absolute Gasteiger partial charge is 0.232 e. The SMILES string of the molecule is O=C(CSC1CCNCC1)N(CC1CC1)C1CC1. The van der Waals surface area contributed by atoms with E-state index in [1.807, 2.05) is 11.8 Å². The molecule has 3 rings (SSSR count). The molecule has 0 aromatic carbocycles. The van der Waals surface area contributed by atoms with Gasteiger partial charge in [0, 0.05) is 17.8 Å². The van der Waals surface area contributed by atoms with Crippen molar-refractivity contribution >= 4 is 17.7 Å². The van der Waals surface area contributed by atoms with Crippen LogP contribution in [-0.2, 0) is 4.79 Å². The minimum atomic E-state index is 0.410. The lowest BCUT2D eigenvalue weighted by atomic mass is 10.2. The zero-order chi connectivity index (χ0) is 12.4. The van der Waals surface area contributed by atoms with Crippen LogP contribution < -0.4 is 5.32 Å². The van der Waals surface area contributed by atoms with Crippen LogP contribution in [-0.4, -0.2) is 47.5 Å². The lowest BCUT2D eigenvalue weighted by Crippen LogP contribution is -2.37. The Morgan fingerprint density at radius 2 is 1.83 bits per heavy atom. The zero-order valence-corrected chi connectivity index (χ0v) is 11.9. The van der Waals surface area contributed by atoms with Crippen LogP contribution in [0.4, 0.5) is 0 Å². The highest BCUT2D eigenvalue weighted by Crippen LogP contribution is 2.35. The van der Waals surface area contributed by atoms with Gasteiger partial charge in [-0.25, -0.2) is 0 Å². The minimum absolute atomic E-state index is 0.410. The number of hydrogen-bond acceptors (Lipinski definition) is 3. The first kappa shape index (κ1) is 12.8. The largest absolute Gasteiger partial charge is 0.339 e. The van der Waals surface area contributed by atoms with E-state index in [1.165, 1.54) is 38.5 Å².